The Balaban J connectivity index is 1.56. The van der Waals surface area contributed by atoms with Gasteiger partial charge >= 0.3 is 0 Å². The topological polar surface area (TPSA) is 83.8 Å². The Morgan fingerprint density at radius 1 is 0.895 bits per heavy atom. The van der Waals surface area contributed by atoms with Crippen LogP contribution in [-0.2, 0) is 14.8 Å². The van der Waals surface area contributed by atoms with Gasteiger partial charge in [-0.2, -0.15) is 5.10 Å². The van der Waals surface area contributed by atoms with Crippen molar-refractivity contribution in [2.24, 2.45) is 5.10 Å². The van der Waals surface area contributed by atoms with E-state index in [0.29, 0.717) is 5.69 Å². The van der Waals surface area contributed by atoms with Crippen molar-refractivity contribution in [3.05, 3.63) is 113 Å². The van der Waals surface area contributed by atoms with Gasteiger partial charge in [-0.3, -0.25) is 9.10 Å². The van der Waals surface area contributed by atoms with Gasteiger partial charge in [-0.15, -0.1) is 0 Å². The number of rotatable bonds is 8. The van der Waals surface area contributed by atoms with Crippen LogP contribution < -0.4 is 9.73 Å². The minimum atomic E-state index is -3.99. The SMILES string of the molecule is Cc1ccc(S(=O)(=O)N(CC(=O)N/N=C\c2cc(C)n(-c3cccc(C)c3)c2C)c2ccccc2C)cc1. The van der Waals surface area contributed by atoms with Crippen molar-refractivity contribution in [3.63, 3.8) is 0 Å². The average molecular weight is 529 g/mol. The van der Waals surface area contributed by atoms with Crippen LogP contribution in [0.5, 0.6) is 0 Å². The standard InChI is InChI=1S/C30H32N4O3S/c1-21-13-15-28(16-14-21)38(36,37)33(29-12-7-6-10-23(29)3)20-30(35)32-31-19-26-18-24(4)34(25(26)5)27-11-8-9-22(2)17-27/h6-19H,20H2,1-5H3,(H,32,35)/b31-19-. The van der Waals surface area contributed by atoms with Crippen LogP contribution in [0.1, 0.15) is 33.6 Å². The maximum absolute atomic E-state index is 13.6. The molecule has 1 amide bonds. The Morgan fingerprint density at radius 3 is 2.29 bits per heavy atom. The highest BCUT2D eigenvalue weighted by atomic mass is 32.2. The molecule has 3 aromatic carbocycles. The summed E-state index contributed by atoms with van der Waals surface area (Å²) in [6, 6.07) is 23.9. The molecule has 38 heavy (non-hydrogen) atoms. The first kappa shape index (κ1) is 26.9. The number of carbonyl (C=O) groups excluding carboxylic acids is 1. The van der Waals surface area contributed by atoms with E-state index in [0.717, 1.165) is 43.6 Å². The summed E-state index contributed by atoms with van der Waals surface area (Å²) in [5.74, 6) is -0.548. The zero-order chi connectivity index (χ0) is 27.4. The summed E-state index contributed by atoms with van der Waals surface area (Å²) in [5.41, 5.74) is 9.72. The number of anilines is 1. The first-order valence-corrected chi connectivity index (χ1v) is 13.7. The molecule has 8 heteroatoms. The summed E-state index contributed by atoms with van der Waals surface area (Å²) in [6.45, 7) is 9.34. The van der Waals surface area contributed by atoms with Crippen molar-refractivity contribution in [1.29, 1.82) is 0 Å². The summed E-state index contributed by atoms with van der Waals surface area (Å²) < 4.78 is 30.4. The fraction of sp³-hybridized carbons (Fsp3) is 0.200. The van der Waals surface area contributed by atoms with Crippen molar-refractivity contribution in [2.75, 3.05) is 10.8 Å². The van der Waals surface area contributed by atoms with Gasteiger partial charge in [-0.25, -0.2) is 13.8 Å². The van der Waals surface area contributed by atoms with Crippen molar-refractivity contribution in [3.8, 4) is 5.69 Å². The molecule has 0 aliphatic carbocycles. The van der Waals surface area contributed by atoms with Crippen LogP contribution in [0.25, 0.3) is 5.69 Å². The summed E-state index contributed by atoms with van der Waals surface area (Å²) in [6.07, 6.45) is 1.58. The van der Waals surface area contributed by atoms with Crippen molar-refractivity contribution < 1.29 is 13.2 Å². The largest absolute Gasteiger partial charge is 0.318 e. The Kier molecular flexibility index (Phi) is 7.83. The van der Waals surface area contributed by atoms with E-state index < -0.39 is 22.5 Å². The van der Waals surface area contributed by atoms with Gasteiger partial charge in [0.2, 0.25) is 0 Å². The Bertz CT molecular complexity index is 1600. The third-order valence-electron chi connectivity index (χ3n) is 6.40. The number of hydrazone groups is 1. The predicted molar refractivity (Wildman–Crippen MR) is 153 cm³/mol. The van der Waals surface area contributed by atoms with Crippen LogP contribution in [-0.4, -0.2) is 31.7 Å². The second kappa shape index (κ2) is 11.1. The molecule has 7 nitrogen and oxygen atoms in total. The maximum atomic E-state index is 13.6. The molecule has 4 rings (SSSR count). The van der Waals surface area contributed by atoms with Crippen LogP contribution in [0, 0.1) is 34.6 Å². The first-order valence-electron chi connectivity index (χ1n) is 12.3. The van der Waals surface area contributed by atoms with Crippen LogP contribution in [0.15, 0.2) is 88.9 Å². The smallest absolute Gasteiger partial charge is 0.264 e. The average Bonchev–Trinajstić information content (AvgIpc) is 3.16. The van der Waals surface area contributed by atoms with E-state index >= 15 is 0 Å². The summed E-state index contributed by atoms with van der Waals surface area (Å²) in [7, 11) is -3.99. The summed E-state index contributed by atoms with van der Waals surface area (Å²) >= 11 is 0. The van der Waals surface area contributed by atoms with E-state index in [9.17, 15) is 13.2 Å². The number of amides is 1. The number of nitrogens with one attached hydrogen (secondary N) is 1. The van der Waals surface area contributed by atoms with Gasteiger partial charge in [0.05, 0.1) is 16.8 Å². The highest BCUT2D eigenvalue weighted by molar-refractivity contribution is 7.92. The number of hydrogen-bond acceptors (Lipinski definition) is 4. The van der Waals surface area contributed by atoms with Gasteiger partial charge in [0.25, 0.3) is 15.9 Å². The van der Waals surface area contributed by atoms with E-state index in [1.54, 1.807) is 42.6 Å². The molecule has 0 aliphatic heterocycles. The molecular formula is C30H32N4O3S. The molecule has 0 fully saturated rings. The molecule has 0 bridgehead atoms. The van der Waals surface area contributed by atoms with Gasteiger partial charge in [0.15, 0.2) is 0 Å². The predicted octanol–water partition coefficient (Wildman–Crippen LogP) is 5.37. The second-order valence-electron chi connectivity index (χ2n) is 9.41. The molecule has 0 saturated carbocycles. The maximum Gasteiger partial charge on any atom is 0.264 e. The lowest BCUT2D eigenvalue weighted by Gasteiger charge is -2.25. The number of sulfonamides is 1. The van der Waals surface area contributed by atoms with Crippen LogP contribution >= 0.6 is 0 Å². The van der Waals surface area contributed by atoms with Crippen LogP contribution in [0.2, 0.25) is 0 Å². The minimum absolute atomic E-state index is 0.117. The highest BCUT2D eigenvalue weighted by Gasteiger charge is 2.28. The van der Waals surface area contributed by atoms with E-state index in [2.05, 4.69) is 34.2 Å². The summed E-state index contributed by atoms with van der Waals surface area (Å²) in [5, 5.41) is 4.14. The molecule has 0 unspecified atom stereocenters. The molecule has 4 aromatic rings. The van der Waals surface area contributed by atoms with Gasteiger partial charge < -0.3 is 4.57 Å². The van der Waals surface area contributed by atoms with E-state index in [4.69, 9.17) is 0 Å². The van der Waals surface area contributed by atoms with E-state index in [1.807, 2.05) is 58.0 Å². The Morgan fingerprint density at radius 2 is 1.61 bits per heavy atom. The molecule has 1 N–H and O–H groups in total. The molecule has 0 aliphatic rings. The number of hydrogen-bond donors (Lipinski definition) is 1. The molecule has 0 atom stereocenters. The lowest BCUT2D eigenvalue weighted by molar-refractivity contribution is -0.119. The zero-order valence-corrected chi connectivity index (χ0v) is 23.1. The first-order chi connectivity index (χ1) is 18.1. The Labute approximate surface area is 224 Å². The third kappa shape index (κ3) is 5.70. The lowest BCUT2D eigenvalue weighted by Crippen LogP contribution is -2.40. The van der Waals surface area contributed by atoms with Crippen molar-refractivity contribution in [1.82, 2.24) is 9.99 Å². The van der Waals surface area contributed by atoms with Crippen LogP contribution in [0.3, 0.4) is 0 Å². The number of aromatic nitrogens is 1. The molecule has 1 heterocycles. The monoisotopic (exact) mass is 528 g/mol. The fourth-order valence-electron chi connectivity index (χ4n) is 4.40. The van der Waals surface area contributed by atoms with Crippen molar-refractivity contribution >= 4 is 27.8 Å². The number of benzene rings is 3. The van der Waals surface area contributed by atoms with Crippen molar-refractivity contribution in [2.45, 2.75) is 39.5 Å². The number of nitrogens with zero attached hydrogens (tertiary/aromatic N) is 3. The second-order valence-corrected chi connectivity index (χ2v) is 11.3. The quantitative estimate of drug-likeness (QED) is 0.247. The number of aryl methyl sites for hydroxylation is 4. The highest BCUT2D eigenvalue weighted by Crippen LogP contribution is 2.27. The molecule has 0 saturated heterocycles. The molecule has 0 radical (unpaired) electrons. The normalized spacial score (nSPS) is 11.6. The van der Waals surface area contributed by atoms with Crippen LogP contribution in [0.4, 0.5) is 5.69 Å². The number of para-hydroxylation sites is 1. The van der Waals surface area contributed by atoms with Gasteiger partial charge in [0, 0.05) is 22.6 Å². The van der Waals surface area contributed by atoms with Gasteiger partial charge in [-0.05, 0) is 82.1 Å². The molecule has 0 spiro atoms. The van der Waals surface area contributed by atoms with Gasteiger partial charge in [0.1, 0.15) is 6.54 Å². The van der Waals surface area contributed by atoms with Gasteiger partial charge in [-0.1, -0.05) is 48.0 Å². The number of carbonyl (C=O) groups is 1. The zero-order valence-electron chi connectivity index (χ0n) is 22.3. The third-order valence-corrected chi connectivity index (χ3v) is 8.18. The minimum Gasteiger partial charge on any atom is -0.318 e. The molecule has 1 aromatic heterocycles. The Hall–Kier alpha value is -4.17. The fourth-order valence-corrected chi connectivity index (χ4v) is 5.89. The van der Waals surface area contributed by atoms with E-state index in [-0.39, 0.29) is 4.90 Å². The molecular weight excluding hydrogens is 496 g/mol. The van der Waals surface area contributed by atoms with E-state index in [1.165, 1.54) is 0 Å². The lowest BCUT2D eigenvalue weighted by atomic mass is 10.2. The summed E-state index contributed by atoms with van der Waals surface area (Å²) in [4.78, 5) is 13.1. The molecule has 196 valence electrons.